The third-order valence-corrected chi connectivity index (χ3v) is 8.79. The maximum atomic E-state index is 13.8. The number of sulfonamides is 2. The zero-order chi connectivity index (χ0) is 26.6. The third-order valence-electron chi connectivity index (χ3n) is 6.87. The Morgan fingerprint density at radius 2 is 1.84 bits per heavy atom. The Morgan fingerprint density at radius 1 is 1.16 bits per heavy atom. The van der Waals surface area contributed by atoms with E-state index in [9.17, 15) is 31.1 Å². The van der Waals surface area contributed by atoms with Crippen LogP contribution in [0.2, 0.25) is 0 Å². The highest BCUT2D eigenvalue weighted by Gasteiger charge is 2.49. The van der Waals surface area contributed by atoms with Gasteiger partial charge in [-0.05, 0) is 48.7 Å². The van der Waals surface area contributed by atoms with Crippen LogP contribution in [0.5, 0.6) is 0 Å². The molecule has 0 unspecified atom stereocenters. The zero-order valence-corrected chi connectivity index (χ0v) is 21.5. The standard InChI is InChI=1S/C24H25FN4O6S2/c1-36(32,33)27-17-8-9-18-20(12-17)37(34,35)28-22(26-18)21-19(30)13-24(10-2-3-11-24)29(23(21)31)14-15-4-6-16(25)7-5-15/h4-9,12,27,30H,2-3,10-11,13-14H2,1H3,(H,26,28). The monoisotopic (exact) mass is 548 g/mol. The van der Waals surface area contributed by atoms with Crippen molar-refractivity contribution < 1.29 is 31.1 Å². The molecular formula is C24H25FN4O6S2. The van der Waals surface area contributed by atoms with E-state index >= 15 is 0 Å². The van der Waals surface area contributed by atoms with Crippen LogP contribution in [0.4, 0.5) is 15.8 Å². The van der Waals surface area contributed by atoms with Crippen LogP contribution in [0.1, 0.15) is 37.7 Å². The molecule has 0 aromatic heterocycles. The first kappa shape index (κ1) is 25.2. The van der Waals surface area contributed by atoms with Crippen molar-refractivity contribution in [1.29, 1.82) is 0 Å². The zero-order valence-electron chi connectivity index (χ0n) is 19.9. The van der Waals surface area contributed by atoms with Gasteiger partial charge in [-0.3, -0.25) is 9.52 Å². The Kier molecular flexibility index (Phi) is 6.02. The van der Waals surface area contributed by atoms with Gasteiger partial charge in [-0.15, -0.1) is 4.40 Å². The molecule has 10 nitrogen and oxygen atoms in total. The number of carbonyl (C=O) groups excluding carboxylic acids is 1. The number of amidine groups is 1. The van der Waals surface area contributed by atoms with Crippen molar-refractivity contribution >= 4 is 43.2 Å². The van der Waals surface area contributed by atoms with Gasteiger partial charge in [0.15, 0.2) is 5.84 Å². The van der Waals surface area contributed by atoms with Crippen molar-refractivity contribution in [3.8, 4) is 0 Å². The second-order valence-electron chi connectivity index (χ2n) is 9.57. The Bertz CT molecular complexity index is 1560. The van der Waals surface area contributed by atoms with Crippen molar-refractivity contribution in [3.05, 3.63) is 65.2 Å². The molecule has 1 aliphatic carbocycles. The maximum absolute atomic E-state index is 13.8. The normalized spacial score (nSPS) is 20.4. The molecule has 13 heteroatoms. The lowest BCUT2D eigenvalue weighted by Crippen LogP contribution is -2.55. The fourth-order valence-corrected chi connectivity index (χ4v) is 6.95. The summed E-state index contributed by atoms with van der Waals surface area (Å²) in [5, 5.41) is 13.8. The summed E-state index contributed by atoms with van der Waals surface area (Å²) < 4.78 is 68.6. The van der Waals surface area contributed by atoms with Gasteiger partial charge in [-0.25, -0.2) is 12.8 Å². The summed E-state index contributed by atoms with van der Waals surface area (Å²) in [6, 6.07) is 9.64. The van der Waals surface area contributed by atoms with Crippen LogP contribution >= 0.6 is 0 Å². The highest BCUT2D eigenvalue weighted by Crippen LogP contribution is 2.45. The van der Waals surface area contributed by atoms with E-state index in [-0.39, 0.29) is 46.4 Å². The molecule has 1 fully saturated rings. The first-order chi connectivity index (χ1) is 17.4. The summed E-state index contributed by atoms with van der Waals surface area (Å²) in [6.07, 6.45) is 4.18. The van der Waals surface area contributed by atoms with Gasteiger partial charge in [0.2, 0.25) is 10.0 Å². The van der Waals surface area contributed by atoms with Gasteiger partial charge in [0.05, 0.1) is 17.5 Å². The molecule has 1 spiro atoms. The number of anilines is 2. The van der Waals surface area contributed by atoms with E-state index in [1.807, 2.05) is 0 Å². The van der Waals surface area contributed by atoms with Crippen LogP contribution in [-0.4, -0.2) is 50.4 Å². The second-order valence-corrected chi connectivity index (χ2v) is 12.9. The first-order valence-corrected chi connectivity index (χ1v) is 14.9. The number of nitrogens with one attached hydrogen (secondary N) is 2. The molecule has 0 bridgehead atoms. The first-order valence-electron chi connectivity index (χ1n) is 11.6. The van der Waals surface area contributed by atoms with Crippen molar-refractivity contribution in [2.75, 3.05) is 16.3 Å². The topological polar surface area (TPSA) is 145 Å². The summed E-state index contributed by atoms with van der Waals surface area (Å²) >= 11 is 0. The molecule has 0 atom stereocenters. The van der Waals surface area contributed by atoms with Crippen molar-refractivity contribution in [1.82, 2.24) is 4.90 Å². The predicted octanol–water partition coefficient (Wildman–Crippen LogP) is 3.27. The number of aliphatic hydroxyl groups is 1. The predicted molar refractivity (Wildman–Crippen MR) is 136 cm³/mol. The molecule has 2 aromatic rings. The number of carbonyl (C=O) groups is 1. The van der Waals surface area contributed by atoms with E-state index in [4.69, 9.17) is 0 Å². The smallest absolute Gasteiger partial charge is 0.286 e. The molecule has 37 heavy (non-hydrogen) atoms. The number of hydrogen-bond donors (Lipinski definition) is 3. The summed E-state index contributed by atoms with van der Waals surface area (Å²) in [5.41, 5.74) is -0.0495. The van der Waals surface area contributed by atoms with Crippen LogP contribution in [0.25, 0.3) is 0 Å². The number of rotatable bonds is 5. The van der Waals surface area contributed by atoms with Crippen molar-refractivity contribution in [2.45, 2.75) is 49.1 Å². The number of nitrogens with zero attached hydrogens (tertiary/aromatic N) is 2. The Morgan fingerprint density at radius 3 is 2.49 bits per heavy atom. The Hall–Kier alpha value is -3.45. The minimum atomic E-state index is -4.34. The highest BCUT2D eigenvalue weighted by atomic mass is 32.2. The minimum absolute atomic E-state index is 0.0368. The fourth-order valence-electron chi connectivity index (χ4n) is 5.24. The summed E-state index contributed by atoms with van der Waals surface area (Å²) in [5.74, 6) is -1.53. The van der Waals surface area contributed by atoms with Crippen molar-refractivity contribution in [3.63, 3.8) is 0 Å². The van der Waals surface area contributed by atoms with Crippen LogP contribution < -0.4 is 10.0 Å². The molecule has 3 N–H and O–H groups in total. The van der Waals surface area contributed by atoms with Gasteiger partial charge in [-0.1, -0.05) is 25.0 Å². The van der Waals surface area contributed by atoms with E-state index in [0.29, 0.717) is 18.4 Å². The number of fused-ring (bicyclic) bond motifs is 1. The molecule has 3 aliphatic rings. The lowest BCUT2D eigenvalue weighted by molar-refractivity contribution is -0.136. The van der Waals surface area contributed by atoms with Crippen LogP contribution in [-0.2, 0) is 31.4 Å². The summed E-state index contributed by atoms with van der Waals surface area (Å²) in [7, 11) is -7.98. The fraction of sp³-hybridized carbons (Fsp3) is 0.333. The average Bonchev–Trinajstić information content (AvgIpc) is 3.25. The second kappa shape index (κ2) is 8.84. The van der Waals surface area contributed by atoms with E-state index in [1.54, 1.807) is 17.0 Å². The maximum Gasteiger partial charge on any atom is 0.286 e. The highest BCUT2D eigenvalue weighted by molar-refractivity contribution is 7.92. The SMILES string of the molecule is CS(=O)(=O)Nc1ccc2c(c1)S(=O)(=O)N=C(C1=C(O)CC3(CCCC3)N(Cc3ccc(F)cc3)C1=O)N2. The molecule has 196 valence electrons. The van der Waals surface area contributed by atoms with Crippen LogP contribution in [0.15, 0.2) is 63.1 Å². The lowest BCUT2D eigenvalue weighted by Gasteiger charge is -2.45. The number of hydrogen-bond acceptors (Lipinski definition) is 7. The lowest BCUT2D eigenvalue weighted by atomic mass is 9.83. The molecule has 1 amide bonds. The number of halogens is 1. The molecule has 5 rings (SSSR count). The van der Waals surface area contributed by atoms with Gasteiger partial charge >= 0.3 is 0 Å². The summed E-state index contributed by atoms with van der Waals surface area (Å²) in [4.78, 5) is 15.2. The Balaban J connectivity index is 1.53. The van der Waals surface area contributed by atoms with Crippen molar-refractivity contribution in [2.24, 2.45) is 4.40 Å². The number of benzene rings is 2. The quantitative estimate of drug-likeness (QED) is 0.520. The third kappa shape index (κ3) is 4.80. The molecule has 1 saturated carbocycles. The molecule has 0 radical (unpaired) electrons. The average molecular weight is 549 g/mol. The number of amides is 1. The van der Waals surface area contributed by atoms with E-state index in [0.717, 1.165) is 25.2 Å². The van der Waals surface area contributed by atoms with Crippen LogP contribution in [0.3, 0.4) is 0 Å². The number of aliphatic hydroxyl groups excluding tert-OH is 1. The van der Waals surface area contributed by atoms with E-state index in [2.05, 4.69) is 14.4 Å². The van der Waals surface area contributed by atoms with Gasteiger partial charge in [0.25, 0.3) is 15.9 Å². The molecule has 0 saturated heterocycles. The molecule has 2 heterocycles. The van der Waals surface area contributed by atoms with Gasteiger partial charge in [-0.2, -0.15) is 8.42 Å². The van der Waals surface area contributed by atoms with Gasteiger partial charge in [0, 0.05) is 18.7 Å². The summed E-state index contributed by atoms with van der Waals surface area (Å²) in [6.45, 7) is 0.160. The van der Waals surface area contributed by atoms with Crippen LogP contribution in [0, 0.1) is 5.82 Å². The van der Waals surface area contributed by atoms with E-state index < -0.39 is 37.3 Å². The molecule has 2 aromatic carbocycles. The molecule has 2 aliphatic heterocycles. The van der Waals surface area contributed by atoms with Gasteiger partial charge in [0.1, 0.15) is 22.0 Å². The Labute approximate surface area is 214 Å². The van der Waals surface area contributed by atoms with Gasteiger partial charge < -0.3 is 15.3 Å². The molecular weight excluding hydrogens is 523 g/mol. The van der Waals surface area contributed by atoms with E-state index in [1.165, 1.54) is 24.3 Å². The largest absolute Gasteiger partial charge is 0.511 e. The minimum Gasteiger partial charge on any atom is -0.511 e.